The summed E-state index contributed by atoms with van der Waals surface area (Å²) in [6.45, 7) is 4.36. The summed E-state index contributed by atoms with van der Waals surface area (Å²) in [5.74, 6) is -1.13. The number of hydrogen-bond acceptors (Lipinski definition) is 4. The van der Waals surface area contributed by atoms with Crippen LogP contribution in [0.5, 0.6) is 0 Å². The fourth-order valence-corrected chi connectivity index (χ4v) is 4.25. The minimum atomic E-state index is -3.76. The highest BCUT2D eigenvalue weighted by atomic mass is 32.2. The van der Waals surface area contributed by atoms with Crippen LogP contribution in [-0.2, 0) is 21.4 Å². The van der Waals surface area contributed by atoms with Gasteiger partial charge < -0.3 is 10.2 Å². The molecule has 0 bridgehead atoms. The molecular formula is C21H27N3O3S. The van der Waals surface area contributed by atoms with Crippen molar-refractivity contribution in [3.8, 4) is 0 Å². The van der Waals surface area contributed by atoms with Crippen LogP contribution in [0.2, 0.25) is 0 Å². The van der Waals surface area contributed by atoms with E-state index >= 15 is 0 Å². The van der Waals surface area contributed by atoms with E-state index < -0.39 is 21.7 Å². The van der Waals surface area contributed by atoms with Crippen molar-refractivity contribution in [2.45, 2.75) is 32.7 Å². The topological polar surface area (TPSA) is 78.5 Å². The maximum absolute atomic E-state index is 12.3. The highest BCUT2D eigenvalue weighted by Gasteiger charge is 2.17. The fourth-order valence-electron chi connectivity index (χ4n) is 3.24. The molecule has 0 aliphatic carbocycles. The number of hydrogen-bond donors (Lipinski definition) is 2. The smallest absolute Gasteiger partial charge is 0.241 e. The molecule has 1 fully saturated rings. The molecule has 2 aromatic rings. The van der Waals surface area contributed by atoms with Crippen molar-refractivity contribution in [3.63, 3.8) is 0 Å². The zero-order valence-electron chi connectivity index (χ0n) is 16.1. The van der Waals surface area contributed by atoms with Gasteiger partial charge in [-0.15, -0.1) is 0 Å². The van der Waals surface area contributed by atoms with Gasteiger partial charge in [0.05, 0.1) is 0 Å². The summed E-state index contributed by atoms with van der Waals surface area (Å²) in [6, 6.07) is 15.0. The molecule has 1 aliphatic rings. The first-order valence-electron chi connectivity index (χ1n) is 9.59. The number of piperidine rings is 1. The van der Waals surface area contributed by atoms with E-state index in [0.29, 0.717) is 12.2 Å². The Hall–Kier alpha value is -2.54. The van der Waals surface area contributed by atoms with Crippen molar-refractivity contribution >= 4 is 27.3 Å². The molecule has 0 aromatic heterocycles. The average Bonchev–Trinajstić information content (AvgIpc) is 2.68. The van der Waals surface area contributed by atoms with Crippen LogP contribution in [0.3, 0.4) is 0 Å². The van der Waals surface area contributed by atoms with Gasteiger partial charge >= 0.3 is 0 Å². The molecule has 0 saturated carbocycles. The number of aryl methyl sites for hydroxylation is 1. The van der Waals surface area contributed by atoms with Crippen LogP contribution in [0.1, 0.15) is 30.4 Å². The lowest BCUT2D eigenvalue weighted by Crippen LogP contribution is -2.32. The van der Waals surface area contributed by atoms with Crippen LogP contribution in [-0.4, -0.2) is 33.2 Å². The summed E-state index contributed by atoms with van der Waals surface area (Å²) in [6.07, 6.45) is 3.64. The Morgan fingerprint density at radius 3 is 2.25 bits per heavy atom. The number of nitrogens with zero attached hydrogens (tertiary/aromatic N) is 1. The number of rotatable bonds is 7. The van der Waals surface area contributed by atoms with Gasteiger partial charge in [-0.2, -0.15) is 0 Å². The molecule has 2 aromatic carbocycles. The summed E-state index contributed by atoms with van der Waals surface area (Å²) in [5, 5.41) is 2.65. The highest BCUT2D eigenvalue weighted by Crippen LogP contribution is 2.22. The normalized spacial score (nSPS) is 14.5. The van der Waals surface area contributed by atoms with E-state index in [9.17, 15) is 13.2 Å². The van der Waals surface area contributed by atoms with Crippen LogP contribution in [0.25, 0.3) is 0 Å². The molecule has 6 nitrogen and oxygen atoms in total. The molecule has 0 atom stereocenters. The maximum Gasteiger partial charge on any atom is 0.241 e. The van der Waals surface area contributed by atoms with E-state index in [1.54, 1.807) is 12.1 Å². The second-order valence-corrected chi connectivity index (χ2v) is 8.94. The highest BCUT2D eigenvalue weighted by molar-refractivity contribution is 7.93. The third-order valence-electron chi connectivity index (χ3n) is 4.79. The van der Waals surface area contributed by atoms with Crippen molar-refractivity contribution in [2.75, 3.05) is 28.5 Å². The van der Waals surface area contributed by atoms with Gasteiger partial charge in [0.1, 0.15) is 5.75 Å². The second-order valence-electron chi connectivity index (χ2n) is 7.22. The van der Waals surface area contributed by atoms with Crippen LogP contribution in [0, 0.1) is 6.92 Å². The Morgan fingerprint density at radius 1 is 0.964 bits per heavy atom. The van der Waals surface area contributed by atoms with Gasteiger partial charge in [-0.3, -0.25) is 9.52 Å². The first kappa shape index (κ1) is 20.2. The zero-order valence-corrected chi connectivity index (χ0v) is 17.0. The van der Waals surface area contributed by atoms with E-state index in [1.165, 1.54) is 19.3 Å². The molecule has 7 heteroatoms. The monoisotopic (exact) mass is 401 g/mol. The number of anilines is 2. The van der Waals surface area contributed by atoms with Gasteiger partial charge in [0.25, 0.3) is 0 Å². The Kier molecular flexibility index (Phi) is 6.57. The van der Waals surface area contributed by atoms with Crippen molar-refractivity contribution < 1.29 is 13.2 Å². The molecule has 150 valence electrons. The van der Waals surface area contributed by atoms with Crippen molar-refractivity contribution in [3.05, 3.63) is 59.7 Å². The van der Waals surface area contributed by atoms with E-state index in [-0.39, 0.29) is 0 Å². The van der Waals surface area contributed by atoms with Gasteiger partial charge in [0.15, 0.2) is 0 Å². The van der Waals surface area contributed by atoms with E-state index in [2.05, 4.69) is 14.9 Å². The van der Waals surface area contributed by atoms with Crippen LogP contribution in [0.15, 0.2) is 48.5 Å². The van der Waals surface area contributed by atoms with Crippen molar-refractivity contribution in [1.82, 2.24) is 5.32 Å². The summed E-state index contributed by atoms with van der Waals surface area (Å²) < 4.78 is 27.0. The Balaban J connectivity index is 1.51. The van der Waals surface area contributed by atoms with Gasteiger partial charge in [-0.25, -0.2) is 8.42 Å². The molecule has 1 heterocycles. The fraction of sp³-hybridized carbons (Fsp3) is 0.381. The van der Waals surface area contributed by atoms with Crippen molar-refractivity contribution in [1.29, 1.82) is 0 Å². The number of amides is 1. The molecule has 28 heavy (non-hydrogen) atoms. The van der Waals surface area contributed by atoms with Gasteiger partial charge in [0.2, 0.25) is 15.9 Å². The lowest BCUT2D eigenvalue weighted by molar-refractivity contribution is -0.118. The minimum absolute atomic E-state index is 0.305. The number of sulfonamides is 1. The lowest BCUT2D eigenvalue weighted by atomic mass is 10.1. The molecular weight excluding hydrogens is 374 g/mol. The molecule has 2 N–H and O–H groups in total. The lowest BCUT2D eigenvalue weighted by Gasteiger charge is -2.28. The Morgan fingerprint density at radius 2 is 1.61 bits per heavy atom. The first-order valence-corrected chi connectivity index (χ1v) is 11.2. The Bertz CT molecular complexity index is 887. The predicted octanol–water partition coefficient (Wildman–Crippen LogP) is 3.04. The third kappa shape index (κ3) is 5.99. The van der Waals surface area contributed by atoms with E-state index in [4.69, 9.17) is 0 Å². The molecule has 1 amide bonds. The third-order valence-corrected chi connectivity index (χ3v) is 5.98. The molecule has 1 saturated heterocycles. The van der Waals surface area contributed by atoms with Crippen LogP contribution >= 0.6 is 0 Å². The summed E-state index contributed by atoms with van der Waals surface area (Å²) >= 11 is 0. The summed E-state index contributed by atoms with van der Waals surface area (Å²) in [7, 11) is -3.76. The minimum Gasteiger partial charge on any atom is -0.372 e. The first-order chi connectivity index (χ1) is 13.4. The van der Waals surface area contributed by atoms with Crippen LogP contribution in [0.4, 0.5) is 11.4 Å². The van der Waals surface area contributed by atoms with E-state index in [0.717, 1.165) is 29.9 Å². The molecule has 0 radical (unpaired) electrons. The molecule has 0 spiro atoms. The van der Waals surface area contributed by atoms with Crippen molar-refractivity contribution in [2.24, 2.45) is 0 Å². The SMILES string of the molecule is Cc1ccc(CNC(=O)CS(=O)(=O)Nc2ccc(N3CCCCC3)cc2)cc1. The van der Waals surface area contributed by atoms with E-state index in [1.807, 2.05) is 43.3 Å². The van der Waals surface area contributed by atoms with Gasteiger partial charge in [-0.1, -0.05) is 29.8 Å². The standard InChI is InChI=1S/C21H27N3O3S/c1-17-5-7-18(8-6-17)15-22-21(25)16-28(26,27)23-19-9-11-20(12-10-19)24-13-3-2-4-14-24/h5-12,23H,2-4,13-16H2,1H3,(H,22,25). The Labute approximate surface area is 167 Å². The molecule has 1 aliphatic heterocycles. The maximum atomic E-state index is 12.3. The second kappa shape index (κ2) is 9.10. The molecule has 3 rings (SSSR count). The number of nitrogens with one attached hydrogen (secondary N) is 2. The number of carbonyl (C=O) groups is 1. The van der Waals surface area contributed by atoms with Crippen LogP contribution < -0.4 is 14.9 Å². The zero-order chi connectivity index (χ0) is 20.0. The summed E-state index contributed by atoms with van der Waals surface area (Å²) in [5.41, 5.74) is 3.62. The van der Waals surface area contributed by atoms with Gasteiger partial charge in [-0.05, 0) is 56.0 Å². The molecule has 0 unspecified atom stereocenters. The largest absolute Gasteiger partial charge is 0.372 e. The number of benzene rings is 2. The summed E-state index contributed by atoms with van der Waals surface area (Å²) in [4.78, 5) is 14.3. The van der Waals surface area contributed by atoms with Gasteiger partial charge in [0, 0.05) is 31.0 Å². The average molecular weight is 402 g/mol. The number of carbonyl (C=O) groups excluding carboxylic acids is 1. The quantitative estimate of drug-likeness (QED) is 0.747. The predicted molar refractivity (Wildman–Crippen MR) is 113 cm³/mol.